The standard InChI is InChI=1S/C14H17N3O3S/c1-9-10(16-12(20-9)11-3-2-6-21-11)7-17-5-4-14(15,8-17)13(18)19/h2-3,6H,4-5,7-8,15H2,1H3,(H,18,19). The van der Waals surface area contributed by atoms with E-state index in [1.807, 2.05) is 29.3 Å². The number of aliphatic carboxylic acids is 1. The number of hydrogen-bond acceptors (Lipinski definition) is 6. The molecule has 0 spiro atoms. The summed E-state index contributed by atoms with van der Waals surface area (Å²) in [4.78, 5) is 18.7. The Morgan fingerprint density at radius 3 is 3.10 bits per heavy atom. The average molecular weight is 307 g/mol. The molecule has 1 unspecified atom stereocenters. The normalized spacial score (nSPS) is 22.8. The van der Waals surface area contributed by atoms with E-state index in [9.17, 15) is 4.79 Å². The highest BCUT2D eigenvalue weighted by Crippen LogP contribution is 2.27. The highest BCUT2D eigenvalue weighted by atomic mass is 32.1. The molecule has 1 aliphatic heterocycles. The second-order valence-electron chi connectivity index (χ2n) is 5.42. The Labute approximate surface area is 126 Å². The number of aromatic nitrogens is 1. The summed E-state index contributed by atoms with van der Waals surface area (Å²) in [6.45, 7) is 3.43. The summed E-state index contributed by atoms with van der Waals surface area (Å²) in [5, 5.41) is 11.1. The van der Waals surface area contributed by atoms with Crippen molar-refractivity contribution in [3.8, 4) is 10.8 Å². The first-order chi connectivity index (χ1) is 9.98. The number of rotatable bonds is 4. The molecule has 2 aromatic heterocycles. The van der Waals surface area contributed by atoms with E-state index in [-0.39, 0.29) is 0 Å². The van der Waals surface area contributed by atoms with Crippen LogP contribution in [0.2, 0.25) is 0 Å². The quantitative estimate of drug-likeness (QED) is 0.893. The number of thiophene rings is 1. The van der Waals surface area contributed by atoms with Gasteiger partial charge in [0.05, 0.1) is 10.6 Å². The Bertz CT molecular complexity index is 652. The summed E-state index contributed by atoms with van der Waals surface area (Å²) in [7, 11) is 0. The summed E-state index contributed by atoms with van der Waals surface area (Å²) in [5.41, 5.74) is 5.58. The Balaban J connectivity index is 1.73. The van der Waals surface area contributed by atoms with Gasteiger partial charge in [-0.05, 0) is 24.8 Å². The molecule has 0 radical (unpaired) electrons. The van der Waals surface area contributed by atoms with Gasteiger partial charge in [0, 0.05) is 19.6 Å². The molecule has 1 aliphatic rings. The fraction of sp³-hybridized carbons (Fsp3) is 0.429. The van der Waals surface area contributed by atoms with Crippen LogP contribution in [0.5, 0.6) is 0 Å². The molecule has 112 valence electrons. The monoisotopic (exact) mass is 307 g/mol. The van der Waals surface area contributed by atoms with Gasteiger partial charge < -0.3 is 15.3 Å². The molecule has 0 aromatic carbocycles. The van der Waals surface area contributed by atoms with Gasteiger partial charge in [-0.25, -0.2) is 4.98 Å². The predicted molar refractivity (Wildman–Crippen MR) is 79.0 cm³/mol. The maximum absolute atomic E-state index is 11.2. The van der Waals surface area contributed by atoms with Crippen molar-refractivity contribution < 1.29 is 14.3 Å². The first-order valence-corrected chi connectivity index (χ1v) is 7.61. The minimum absolute atomic E-state index is 0.336. The van der Waals surface area contributed by atoms with Crippen molar-refractivity contribution in [1.82, 2.24) is 9.88 Å². The third-order valence-electron chi connectivity index (χ3n) is 3.80. The molecule has 1 saturated heterocycles. The van der Waals surface area contributed by atoms with Crippen molar-refractivity contribution in [2.24, 2.45) is 5.73 Å². The lowest BCUT2D eigenvalue weighted by molar-refractivity contribution is -0.142. The lowest BCUT2D eigenvalue weighted by Crippen LogP contribution is -2.50. The van der Waals surface area contributed by atoms with Gasteiger partial charge in [-0.3, -0.25) is 9.69 Å². The molecule has 21 heavy (non-hydrogen) atoms. The number of nitrogens with two attached hydrogens (primary N) is 1. The van der Waals surface area contributed by atoms with Crippen LogP contribution in [0.15, 0.2) is 21.9 Å². The molecule has 0 bridgehead atoms. The van der Waals surface area contributed by atoms with Gasteiger partial charge in [-0.15, -0.1) is 11.3 Å². The van der Waals surface area contributed by atoms with Gasteiger partial charge >= 0.3 is 5.97 Å². The smallest absolute Gasteiger partial charge is 0.325 e. The Hall–Kier alpha value is -1.70. The number of carbonyl (C=O) groups is 1. The van der Waals surface area contributed by atoms with Crippen LogP contribution in [0.3, 0.4) is 0 Å². The molecule has 3 N–H and O–H groups in total. The number of hydrogen-bond donors (Lipinski definition) is 2. The fourth-order valence-corrected chi connectivity index (χ4v) is 3.17. The van der Waals surface area contributed by atoms with Crippen LogP contribution in [-0.4, -0.2) is 39.6 Å². The van der Waals surface area contributed by atoms with E-state index in [1.54, 1.807) is 11.3 Å². The highest BCUT2D eigenvalue weighted by molar-refractivity contribution is 7.13. The van der Waals surface area contributed by atoms with Crippen molar-refractivity contribution in [1.29, 1.82) is 0 Å². The van der Waals surface area contributed by atoms with Crippen molar-refractivity contribution in [3.05, 3.63) is 29.0 Å². The third kappa shape index (κ3) is 2.72. The molecular formula is C14H17N3O3S. The SMILES string of the molecule is Cc1oc(-c2cccs2)nc1CN1CCC(N)(C(=O)O)C1. The summed E-state index contributed by atoms with van der Waals surface area (Å²) >= 11 is 1.58. The molecule has 1 fully saturated rings. The van der Waals surface area contributed by atoms with Gasteiger partial charge in [0.15, 0.2) is 0 Å². The Kier molecular flexibility index (Phi) is 3.56. The second-order valence-corrected chi connectivity index (χ2v) is 6.37. The minimum Gasteiger partial charge on any atom is -0.480 e. The molecule has 3 rings (SSSR count). The topological polar surface area (TPSA) is 92.6 Å². The zero-order valence-electron chi connectivity index (χ0n) is 11.7. The van der Waals surface area contributed by atoms with E-state index >= 15 is 0 Å². The largest absolute Gasteiger partial charge is 0.480 e. The highest BCUT2D eigenvalue weighted by Gasteiger charge is 2.41. The molecule has 0 amide bonds. The van der Waals surface area contributed by atoms with E-state index in [2.05, 4.69) is 4.98 Å². The van der Waals surface area contributed by atoms with Crippen molar-refractivity contribution in [3.63, 3.8) is 0 Å². The zero-order chi connectivity index (χ0) is 15.0. The van der Waals surface area contributed by atoms with Crippen LogP contribution < -0.4 is 5.73 Å². The molecule has 0 aliphatic carbocycles. The molecule has 2 aromatic rings. The first-order valence-electron chi connectivity index (χ1n) is 6.73. The number of likely N-dealkylation sites (tertiary alicyclic amines) is 1. The van der Waals surface area contributed by atoms with Gasteiger partial charge in [-0.2, -0.15) is 0 Å². The van der Waals surface area contributed by atoms with Gasteiger partial charge in [0.25, 0.3) is 0 Å². The molecule has 3 heterocycles. The summed E-state index contributed by atoms with van der Waals surface area (Å²) in [6.07, 6.45) is 0.455. The Morgan fingerprint density at radius 1 is 1.67 bits per heavy atom. The summed E-state index contributed by atoms with van der Waals surface area (Å²) in [6, 6.07) is 3.92. The first kappa shape index (κ1) is 14.2. The van der Waals surface area contributed by atoms with Gasteiger partial charge in [0.1, 0.15) is 11.3 Å². The van der Waals surface area contributed by atoms with Crippen molar-refractivity contribution in [2.45, 2.75) is 25.4 Å². The minimum atomic E-state index is -1.14. The van der Waals surface area contributed by atoms with Gasteiger partial charge in [0.2, 0.25) is 5.89 Å². The third-order valence-corrected chi connectivity index (χ3v) is 4.66. The number of carboxylic acids is 1. The summed E-state index contributed by atoms with van der Waals surface area (Å²) < 4.78 is 5.69. The maximum Gasteiger partial charge on any atom is 0.325 e. The molecule has 1 atom stereocenters. The predicted octanol–water partition coefficient (Wildman–Crippen LogP) is 1.70. The molecule has 7 heteroatoms. The van der Waals surface area contributed by atoms with Crippen molar-refractivity contribution in [2.75, 3.05) is 13.1 Å². The molecular weight excluding hydrogens is 290 g/mol. The number of aryl methyl sites for hydroxylation is 1. The lowest BCUT2D eigenvalue weighted by atomic mass is 10.0. The Morgan fingerprint density at radius 2 is 2.48 bits per heavy atom. The maximum atomic E-state index is 11.2. The molecule has 6 nitrogen and oxygen atoms in total. The van der Waals surface area contributed by atoms with Crippen molar-refractivity contribution >= 4 is 17.3 Å². The lowest BCUT2D eigenvalue weighted by Gasteiger charge is -2.19. The van der Waals surface area contributed by atoms with Crippen LogP contribution in [0.4, 0.5) is 0 Å². The second kappa shape index (κ2) is 5.25. The van der Waals surface area contributed by atoms with E-state index < -0.39 is 11.5 Å². The zero-order valence-corrected chi connectivity index (χ0v) is 12.5. The fourth-order valence-electron chi connectivity index (χ4n) is 2.52. The number of oxazole rings is 1. The average Bonchev–Trinajstić information content (AvgIpc) is 3.12. The molecule has 0 saturated carbocycles. The van der Waals surface area contributed by atoms with Crippen LogP contribution in [0.1, 0.15) is 17.9 Å². The van der Waals surface area contributed by atoms with E-state index in [0.29, 0.717) is 31.9 Å². The van der Waals surface area contributed by atoms with Gasteiger partial charge in [-0.1, -0.05) is 6.07 Å². The van der Waals surface area contributed by atoms with Crippen LogP contribution in [0.25, 0.3) is 10.8 Å². The van der Waals surface area contributed by atoms with Crippen LogP contribution >= 0.6 is 11.3 Å². The number of carboxylic acid groups (broad SMARTS) is 1. The summed E-state index contributed by atoms with van der Waals surface area (Å²) in [5.74, 6) is 0.443. The number of nitrogens with zero attached hydrogens (tertiary/aromatic N) is 2. The van der Waals surface area contributed by atoms with E-state index in [0.717, 1.165) is 16.3 Å². The van der Waals surface area contributed by atoms with E-state index in [1.165, 1.54) is 0 Å². The van der Waals surface area contributed by atoms with E-state index in [4.69, 9.17) is 15.3 Å². The van der Waals surface area contributed by atoms with Crippen LogP contribution in [-0.2, 0) is 11.3 Å². The van der Waals surface area contributed by atoms with Crippen LogP contribution in [0, 0.1) is 6.92 Å².